The first-order chi connectivity index (χ1) is 22.3. The van der Waals surface area contributed by atoms with Crippen LogP contribution in [0, 0.1) is 13.8 Å². The fourth-order valence-electron chi connectivity index (χ4n) is 4.95. The summed E-state index contributed by atoms with van der Waals surface area (Å²) in [7, 11) is -4.27. The van der Waals surface area contributed by atoms with Crippen molar-refractivity contribution in [3.05, 3.63) is 128 Å². The lowest BCUT2D eigenvalue weighted by atomic mass is 10.0. The Bertz CT molecular complexity index is 1800. The van der Waals surface area contributed by atoms with E-state index in [-0.39, 0.29) is 35.5 Å². The number of nitrogens with zero attached hydrogens (tertiary/aromatic N) is 2. The Labute approximate surface area is 292 Å². The van der Waals surface area contributed by atoms with Crippen molar-refractivity contribution in [3.63, 3.8) is 0 Å². The molecule has 2 amide bonds. The van der Waals surface area contributed by atoms with E-state index in [9.17, 15) is 18.0 Å². The van der Waals surface area contributed by atoms with Gasteiger partial charge in [0.05, 0.1) is 10.6 Å². The summed E-state index contributed by atoms with van der Waals surface area (Å²) in [4.78, 5) is 30.0. The number of rotatable bonds is 13. The summed E-state index contributed by atoms with van der Waals surface area (Å²) in [6, 6.07) is 24.3. The minimum atomic E-state index is -4.27. The summed E-state index contributed by atoms with van der Waals surface area (Å²) in [5.74, 6) is -1.01. The molecule has 0 saturated carbocycles. The summed E-state index contributed by atoms with van der Waals surface area (Å²) in [5, 5.41) is 3.97. The lowest BCUT2D eigenvalue weighted by molar-refractivity contribution is -0.140. The van der Waals surface area contributed by atoms with Crippen LogP contribution in [0.5, 0.6) is 0 Å². The lowest BCUT2D eigenvalue weighted by Crippen LogP contribution is -2.54. The second-order valence-corrected chi connectivity index (χ2v) is 14.6. The zero-order valence-corrected chi connectivity index (χ0v) is 29.8. The fourth-order valence-corrected chi connectivity index (χ4v) is 7.05. The second-order valence-electron chi connectivity index (χ2n) is 11.5. The number of hydrogen-bond acceptors (Lipinski definition) is 4. The third-order valence-electron chi connectivity index (χ3n) is 7.99. The first-order valence-electron chi connectivity index (χ1n) is 15.2. The Kier molecular flexibility index (Phi) is 12.4. The highest BCUT2D eigenvalue weighted by Gasteiger charge is 2.35. The lowest BCUT2D eigenvalue weighted by Gasteiger charge is -2.34. The van der Waals surface area contributed by atoms with Gasteiger partial charge in [-0.25, -0.2) is 8.42 Å². The SMILES string of the molecule is CCC(C)NC(=O)C(Cc1ccccc1)N(Cc1c(Cl)cccc1Cl)C(=O)CN(c1ccc(C)c(Cl)c1)S(=O)(=O)c1ccc(C)cc1. The van der Waals surface area contributed by atoms with E-state index in [0.29, 0.717) is 27.1 Å². The molecule has 0 aromatic heterocycles. The summed E-state index contributed by atoms with van der Waals surface area (Å²) in [6.07, 6.45) is 0.836. The van der Waals surface area contributed by atoms with Gasteiger partial charge < -0.3 is 10.2 Å². The Morgan fingerprint density at radius 3 is 2.06 bits per heavy atom. The summed E-state index contributed by atoms with van der Waals surface area (Å²) in [5.41, 5.74) is 3.08. The number of nitrogens with one attached hydrogen (secondary N) is 1. The van der Waals surface area contributed by atoms with Crippen LogP contribution in [0.1, 0.15) is 42.5 Å². The minimum absolute atomic E-state index is 0.00337. The van der Waals surface area contributed by atoms with Gasteiger partial charge in [0.15, 0.2) is 0 Å². The number of halogens is 3. The Balaban J connectivity index is 1.86. The van der Waals surface area contributed by atoms with Crippen molar-refractivity contribution in [2.75, 3.05) is 10.8 Å². The van der Waals surface area contributed by atoms with Gasteiger partial charge in [-0.3, -0.25) is 13.9 Å². The molecular formula is C36H38Cl3N3O4S. The number of anilines is 1. The molecule has 2 atom stereocenters. The van der Waals surface area contributed by atoms with Crippen molar-refractivity contribution >= 4 is 62.3 Å². The maximum absolute atomic E-state index is 14.6. The highest BCUT2D eigenvalue weighted by molar-refractivity contribution is 7.92. The van der Waals surface area contributed by atoms with Crippen molar-refractivity contribution in [1.82, 2.24) is 10.2 Å². The molecule has 47 heavy (non-hydrogen) atoms. The van der Waals surface area contributed by atoms with E-state index in [2.05, 4.69) is 5.32 Å². The third kappa shape index (κ3) is 9.08. The molecule has 0 radical (unpaired) electrons. The van der Waals surface area contributed by atoms with Gasteiger partial charge in [-0.15, -0.1) is 0 Å². The first-order valence-corrected chi connectivity index (χ1v) is 17.8. The molecule has 1 N–H and O–H groups in total. The first kappa shape index (κ1) is 36.3. The molecule has 0 fully saturated rings. The van der Waals surface area contributed by atoms with Crippen molar-refractivity contribution in [2.45, 2.75) is 64.1 Å². The van der Waals surface area contributed by atoms with Gasteiger partial charge in [0.1, 0.15) is 12.6 Å². The van der Waals surface area contributed by atoms with Gasteiger partial charge in [0.25, 0.3) is 10.0 Å². The van der Waals surface area contributed by atoms with Crippen molar-refractivity contribution in [2.24, 2.45) is 0 Å². The van der Waals surface area contributed by atoms with E-state index < -0.39 is 28.5 Å². The van der Waals surface area contributed by atoms with E-state index in [4.69, 9.17) is 34.8 Å². The second kappa shape index (κ2) is 16.0. The van der Waals surface area contributed by atoms with Gasteiger partial charge in [0, 0.05) is 39.6 Å². The zero-order chi connectivity index (χ0) is 34.3. The van der Waals surface area contributed by atoms with Gasteiger partial charge in [0.2, 0.25) is 11.8 Å². The monoisotopic (exact) mass is 713 g/mol. The van der Waals surface area contributed by atoms with Gasteiger partial charge in [-0.2, -0.15) is 0 Å². The number of carbonyl (C=O) groups excluding carboxylic acids is 2. The number of benzene rings is 4. The van der Waals surface area contributed by atoms with Crippen LogP contribution < -0.4 is 9.62 Å². The number of aryl methyl sites for hydroxylation is 2. The van der Waals surface area contributed by atoms with Gasteiger partial charge in [-0.05, 0) is 74.7 Å². The molecule has 4 aromatic carbocycles. The molecule has 248 valence electrons. The number of sulfonamides is 1. The number of hydrogen-bond donors (Lipinski definition) is 1. The third-order valence-corrected chi connectivity index (χ3v) is 10.9. The van der Waals surface area contributed by atoms with Crippen molar-refractivity contribution in [1.29, 1.82) is 0 Å². The quantitative estimate of drug-likeness (QED) is 0.152. The molecule has 0 aliphatic rings. The van der Waals surface area contributed by atoms with Crippen LogP contribution in [0.4, 0.5) is 5.69 Å². The minimum Gasteiger partial charge on any atom is -0.352 e. The van der Waals surface area contributed by atoms with E-state index in [1.54, 1.807) is 49.4 Å². The zero-order valence-electron chi connectivity index (χ0n) is 26.7. The van der Waals surface area contributed by atoms with Crippen LogP contribution in [0.15, 0.2) is 95.9 Å². The molecule has 0 aliphatic carbocycles. The highest BCUT2D eigenvalue weighted by Crippen LogP contribution is 2.31. The van der Waals surface area contributed by atoms with Gasteiger partial charge in [-0.1, -0.05) is 102 Å². The number of amides is 2. The van der Waals surface area contributed by atoms with E-state index in [0.717, 1.165) is 21.0 Å². The van der Waals surface area contributed by atoms with E-state index in [1.807, 2.05) is 51.1 Å². The average Bonchev–Trinajstić information content (AvgIpc) is 3.04. The maximum Gasteiger partial charge on any atom is 0.264 e. The molecular weight excluding hydrogens is 677 g/mol. The molecule has 4 aromatic rings. The molecule has 0 aliphatic heterocycles. The smallest absolute Gasteiger partial charge is 0.264 e. The van der Waals surface area contributed by atoms with E-state index >= 15 is 0 Å². The van der Waals surface area contributed by atoms with Crippen LogP contribution in [0.2, 0.25) is 15.1 Å². The predicted octanol–water partition coefficient (Wildman–Crippen LogP) is 8.01. The summed E-state index contributed by atoms with van der Waals surface area (Å²) >= 11 is 19.6. The van der Waals surface area contributed by atoms with Crippen molar-refractivity contribution in [3.8, 4) is 0 Å². The summed E-state index contributed by atoms with van der Waals surface area (Å²) < 4.78 is 29.5. The molecule has 0 saturated heterocycles. The molecule has 2 unspecified atom stereocenters. The van der Waals surface area contributed by atoms with Crippen molar-refractivity contribution < 1.29 is 18.0 Å². The van der Waals surface area contributed by atoms with Gasteiger partial charge >= 0.3 is 0 Å². The highest BCUT2D eigenvalue weighted by atomic mass is 35.5. The van der Waals surface area contributed by atoms with Crippen LogP contribution in [-0.2, 0) is 32.6 Å². The summed E-state index contributed by atoms with van der Waals surface area (Å²) in [6.45, 7) is 6.72. The molecule has 11 heteroatoms. The molecule has 7 nitrogen and oxygen atoms in total. The normalized spacial score (nSPS) is 12.7. The largest absolute Gasteiger partial charge is 0.352 e. The molecule has 0 heterocycles. The van der Waals surface area contributed by atoms with E-state index in [1.165, 1.54) is 23.1 Å². The average molecular weight is 715 g/mol. The Hall–Kier alpha value is -3.56. The topological polar surface area (TPSA) is 86.8 Å². The Morgan fingerprint density at radius 2 is 1.47 bits per heavy atom. The predicted molar refractivity (Wildman–Crippen MR) is 191 cm³/mol. The maximum atomic E-state index is 14.6. The number of carbonyl (C=O) groups is 2. The molecule has 4 rings (SSSR count). The molecule has 0 spiro atoms. The van der Waals surface area contributed by atoms with Crippen LogP contribution in [0.3, 0.4) is 0 Å². The Morgan fingerprint density at radius 1 is 0.830 bits per heavy atom. The molecule has 0 bridgehead atoms. The van der Waals surface area contributed by atoms with Crippen LogP contribution in [0.25, 0.3) is 0 Å². The standard InChI is InChI=1S/C36H38Cl3N3O4S/c1-5-26(4)40-36(44)34(20-27-10-7-6-8-11-27)41(22-30-31(37)12-9-13-32(30)38)35(43)23-42(28-17-16-25(3)33(39)21-28)47(45,46)29-18-14-24(2)15-19-29/h6-19,21,26,34H,5,20,22-23H2,1-4H3,(H,40,44). The van der Waals surface area contributed by atoms with Crippen LogP contribution in [-0.4, -0.2) is 43.8 Å². The fraction of sp³-hybridized carbons (Fsp3) is 0.278. The van der Waals surface area contributed by atoms with Crippen LogP contribution >= 0.6 is 34.8 Å².